The summed E-state index contributed by atoms with van der Waals surface area (Å²) < 4.78 is 20.5. The Balaban J connectivity index is 1.58. The third kappa shape index (κ3) is 3.32. The fourth-order valence-corrected chi connectivity index (χ4v) is 4.67. The lowest BCUT2D eigenvalue weighted by molar-refractivity contribution is -0.148. The van der Waals surface area contributed by atoms with Gasteiger partial charge in [0.15, 0.2) is 5.65 Å². The molecule has 1 aliphatic carbocycles. The maximum Gasteiger partial charge on any atom is 0.310 e. The van der Waals surface area contributed by atoms with Crippen LogP contribution in [0.1, 0.15) is 37.4 Å². The van der Waals surface area contributed by atoms with Crippen molar-refractivity contribution in [1.82, 2.24) is 14.6 Å². The minimum absolute atomic E-state index is 0.114. The van der Waals surface area contributed by atoms with Crippen LogP contribution in [0, 0.1) is 11.7 Å². The van der Waals surface area contributed by atoms with Crippen LogP contribution in [0.15, 0.2) is 30.3 Å². The number of benzene rings is 1. The molecule has 0 spiro atoms. The summed E-state index contributed by atoms with van der Waals surface area (Å²) >= 11 is 0. The minimum atomic E-state index is -0.265. The Morgan fingerprint density at radius 2 is 2.07 bits per heavy atom. The summed E-state index contributed by atoms with van der Waals surface area (Å²) in [6.45, 7) is 3.77. The van der Waals surface area contributed by atoms with Crippen molar-refractivity contribution in [2.24, 2.45) is 5.92 Å². The number of carbonyl (C=O) groups is 1. The van der Waals surface area contributed by atoms with Gasteiger partial charge in [-0.15, -0.1) is 0 Å². The van der Waals surface area contributed by atoms with Gasteiger partial charge in [-0.25, -0.2) is 9.37 Å². The number of carbonyl (C=O) groups excluding carboxylic acids is 1. The molecule has 3 aromatic rings. The second kappa shape index (κ2) is 7.70. The molecule has 0 saturated carbocycles. The molecule has 0 unspecified atom stereocenters. The zero-order valence-electron chi connectivity index (χ0n) is 17.1. The Labute approximate surface area is 174 Å². The van der Waals surface area contributed by atoms with E-state index in [1.54, 1.807) is 12.1 Å². The number of nitrogens with zero attached hydrogens (tertiary/aromatic N) is 4. The van der Waals surface area contributed by atoms with Crippen LogP contribution in [0.25, 0.3) is 16.9 Å². The summed E-state index contributed by atoms with van der Waals surface area (Å²) in [6, 6.07) is 8.33. The fraction of sp³-hybridized carbons (Fsp3) is 0.435. The molecule has 0 bridgehead atoms. The maximum atomic E-state index is 13.3. The molecular formula is C23H25FN4O2. The summed E-state index contributed by atoms with van der Waals surface area (Å²) in [5.41, 5.74) is 4.78. The SMILES string of the molecule is CCOC(=O)[C@H]1CCCN(c2c3c(nc4cc(-c5ccc(F)cc5)nn24)CCC3)C1. The third-order valence-corrected chi connectivity index (χ3v) is 6.08. The molecule has 3 heterocycles. The molecule has 1 fully saturated rings. The largest absolute Gasteiger partial charge is 0.466 e. The number of piperidine rings is 1. The number of aromatic nitrogens is 3. The Morgan fingerprint density at radius 3 is 2.87 bits per heavy atom. The first-order chi connectivity index (χ1) is 14.6. The fourth-order valence-electron chi connectivity index (χ4n) is 4.67. The van der Waals surface area contributed by atoms with Gasteiger partial charge < -0.3 is 9.64 Å². The molecule has 6 nitrogen and oxygen atoms in total. The van der Waals surface area contributed by atoms with Crippen molar-refractivity contribution >= 4 is 17.4 Å². The third-order valence-electron chi connectivity index (χ3n) is 6.08. The highest BCUT2D eigenvalue weighted by atomic mass is 19.1. The first kappa shape index (κ1) is 19.0. The van der Waals surface area contributed by atoms with Crippen molar-refractivity contribution < 1.29 is 13.9 Å². The summed E-state index contributed by atoms with van der Waals surface area (Å²) in [7, 11) is 0. The van der Waals surface area contributed by atoms with Crippen molar-refractivity contribution in [1.29, 1.82) is 0 Å². The Hall–Kier alpha value is -2.96. The van der Waals surface area contributed by atoms with Crippen molar-refractivity contribution in [3.05, 3.63) is 47.4 Å². The van der Waals surface area contributed by atoms with E-state index in [0.29, 0.717) is 13.2 Å². The standard InChI is InChI=1S/C23H25FN4O2/c1-2-30-23(29)16-5-4-12-27(14-16)22-18-6-3-7-19(18)25-21-13-20(26-28(21)22)15-8-10-17(24)11-9-15/h8-11,13,16H,2-7,12,14H2,1H3/t16-/m0/s1. The van der Waals surface area contributed by atoms with Crippen molar-refractivity contribution in [2.45, 2.75) is 39.0 Å². The van der Waals surface area contributed by atoms with Crippen molar-refractivity contribution in [2.75, 3.05) is 24.6 Å². The van der Waals surface area contributed by atoms with E-state index in [9.17, 15) is 9.18 Å². The molecule has 1 atom stereocenters. The molecule has 5 rings (SSSR count). The molecule has 1 saturated heterocycles. The molecule has 1 aliphatic heterocycles. The van der Waals surface area contributed by atoms with Crippen molar-refractivity contribution in [3.63, 3.8) is 0 Å². The van der Waals surface area contributed by atoms with E-state index in [-0.39, 0.29) is 17.7 Å². The van der Waals surface area contributed by atoms with Gasteiger partial charge in [0.05, 0.1) is 18.2 Å². The first-order valence-corrected chi connectivity index (χ1v) is 10.7. The van der Waals surface area contributed by atoms with Gasteiger partial charge in [0.1, 0.15) is 11.6 Å². The number of hydrogen-bond acceptors (Lipinski definition) is 5. The van der Waals surface area contributed by atoms with Gasteiger partial charge in [0.25, 0.3) is 0 Å². The number of anilines is 1. The topological polar surface area (TPSA) is 59.7 Å². The average molecular weight is 408 g/mol. The van der Waals surface area contributed by atoms with Crippen LogP contribution >= 0.6 is 0 Å². The maximum absolute atomic E-state index is 13.3. The van der Waals surface area contributed by atoms with Crippen LogP contribution in [0.2, 0.25) is 0 Å². The molecule has 30 heavy (non-hydrogen) atoms. The van der Waals surface area contributed by atoms with Crippen LogP contribution < -0.4 is 4.90 Å². The van der Waals surface area contributed by atoms with Gasteiger partial charge in [0.2, 0.25) is 0 Å². The van der Waals surface area contributed by atoms with Gasteiger partial charge in [-0.3, -0.25) is 4.79 Å². The Kier molecular flexibility index (Phi) is 4.89. The molecule has 0 N–H and O–H groups in total. The number of halogens is 1. The smallest absolute Gasteiger partial charge is 0.310 e. The molecule has 7 heteroatoms. The number of hydrogen-bond donors (Lipinski definition) is 0. The monoisotopic (exact) mass is 408 g/mol. The number of esters is 1. The lowest BCUT2D eigenvalue weighted by Crippen LogP contribution is -2.41. The summed E-state index contributed by atoms with van der Waals surface area (Å²) in [5.74, 6) is 0.552. The average Bonchev–Trinajstić information content (AvgIpc) is 3.39. The number of aryl methyl sites for hydroxylation is 1. The number of rotatable bonds is 4. The van der Waals surface area contributed by atoms with Gasteiger partial charge >= 0.3 is 5.97 Å². The normalized spacial score (nSPS) is 18.6. The molecule has 156 valence electrons. The predicted octanol–water partition coefficient (Wildman–Crippen LogP) is 3.80. The molecular weight excluding hydrogens is 383 g/mol. The number of fused-ring (bicyclic) bond motifs is 2. The predicted molar refractivity (Wildman–Crippen MR) is 112 cm³/mol. The second-order valence-electron chi connectivity index (χ2n) is 8.06. The summed E-state index contributed by atoms with van der Waals surface area (Å²) in [4.78, 5) is 19.5. The highest BCUT2D eigenvalue weighted by Gasteiger charge is 2.31. The zero-order chi connectivity index (χ0) is 20.7. The summed E-state index contributed by atoms with van der Waals surface area (Å²) in [5, 5.41) is 4.85. The quantitative estimate of drug-likeness (QED) is 0.615. The minimum Gasteiger partial charge on any atom is -0.466 e. The highest BCUT2D eigenvalue weighted by Crippen LogP contribution is 2.35. The Bertz CT molecular complexity index is 1090. The van der Waals surface area contributed by atoms with Crippen LogP contribution in [-0.4, -0.2) is 40.3 Å². The highest BCUT2D eigenvalue weighted by molar-refractivity contribution is 5.74. The van der Waals surface area contributed by atoms with Crippen molar-refractivity contribution in [3.8, 4) is 11.3 Å². The first-order valence-electron chi connectivity index (χ1n) is 10.7. The van der Waals surface area contributed by atoms with E-state index in [1.807, 2.05) is 17.5 Å². The van der Waals surface area contributed by atoms with Crippen LogP contribution in [0.5, 0.6) is 0 Å². The van der Waals surface area contributed by atoms with E-state index in [2.05, 4.69) is 4.90 Å². The van der Waals surface area contributed by atoms with Gasteiger partial charge in [-0.05, 0) is 63.3 Å². The lowest BCUT2D eigenvalue weighted by atomic mass is 9.97. The van der Waals surface area contributed by atoms with E-state index < -0.39 is 0 Å². The van der Waals surface area contributed by atoms with Gasteiger partial charge in [-0.1, -0.05) is 0 Å². The van der Waals surface area contributed by atoms with Crippen LogP contribution in [0.3, 0.4) is 0 Å². The number of ether oxygens (including phenoxy) is 1. The Morgan fingerprint density at radius 1 is 1.23 bits per heavy atom. The van der Waals surface area contributed by atoms with Crippen LogP contribution in [-0.2, 0) is 22.4 Å². The molecule has 2 aliphatic rings. The second-order valence-corrected chi connectivity index (χ2v) is 8.06. The lowest BCUT2D eigenvalue weighted by Gasteiger charge is -2.34. The van der Waals surface area contributed by atoms with Crippen LogP contribution in [0.4, 0.5) is 10.2 Å². The molecule has 0 amide bonds. The van der Waals surface area contributed by atoms with Gasteiger partial charge in [-0.2, -0.15) is 9.61 Å². The van der Waals surface area contributed by atoms with Gasteiger partial charge in [0, 0.05) is 36.0 Å². The zero-order valence-corrected chi connectivity index (χ0v) is 17.1. The van der Waals surface area contributed by atoms with E-state index >= 15 is 0 Å². The summed E-state index contributed by atoms with van der Waals surface area (Å²) in [6.07, 6.45) is 4.81. The molecule has 2 aromatic heterocycles. The van der Waals surface area contributed by atoms with E-state index in [1.165, 1.54) is 17.7 Å². The molecule has 0 radical (unpaired) electrons. The van der Waals surface area contributed by atoms with E-state index in [0.717, 1.165) is 67.1 Å². The molecule has 1 aromatic carbocycles. The van der Waals surface area contributed by atoms with E-state index in [4.69, 9.17) is 14.8 Å².